The SMILES string of the molecule is Nc1cc(OOC(=O)c2ccc(-c3ccc(C(=O)OOc4ccc(O)c(N)c4)cc3)cc2)ccc1O. The van der Waals surface area contributed by atoms with Gasteiger partial charge in [-0.3, -0.25) is 9.78 Å². The van der Waals surface area contributed by atoms with Crippen LogP contribution in [0.15, 0.2) is 84.9 Å². The van der Waals surface area contributed by atoms with E-state index in [2.05, 4.69) is 0 Å². The summed E-state index contributed by atoms with van der Waals surface area (Å²) in [6.45, 7) is 0. The number of nitrogens with two attached hydrogens (primary N) is 2. The Labute approximate surface area is 204 Å². The van der Waals surface area contributed by atoms with Gasteiger partial charge >= 0.3 is 11.9 Å². The van der Waals surface area contributed by atoms with Crippen molar-refractivity contribution in [3.8, 4) is 34.1 Å². The third-order valence-electron chi connectivity index (χ3n) is 5.00. The van der Waals surface area contributed by atoms with Crippen LogP contribution in [-0.2, 0) is 9.78 Å². The molecule has 0 aliphatic carbocycles. The lowest BCUT2D eigenvalue weighted by Crippen LogP contribution is -2.08. The topological polar surface area (TPSA) is 164 Å². The summed E-state index contributed by atoms with van der Waals surface area (Å²) in [5.74, 6) is -1.34. The number of benzene rings is 4. The van der Waals surface area contributed by atoms with Gasteiger partial charge in [0.05, 0.1) is 22.5 Å². The number of hydrogen-bond acceptors (Lipinski definition) is 10. The van der Waals surface area contributed by atoms with Crippen LogP contribution in [0, 0.1) is 0 Å². The van der Waals surface area contributed by atoms with E-state index in [1.165, 1.54) is 36.4 Å². The Morgan fingerprint density at radius 3 is 1.25 bits per heavy atom. The molecule has 0 saturated carbocycles. The third-order valence-corrected chi connectivity index (χ3v) is 5.00. The zero-order valence-electron chi connectivity index (χ0n) is 18.6. The lowest BCUT2D eigenvalue weighted by Gasteiger charge is -2.08. The molecule has 4 aromatic carbocycles. The fourth-order valence-electron chi connectivity index (χ4n) is 3.03. The molecule has 0 fully saturated rings. The molecule has 0 aliphatic heterocycles. The van der Waals surface area contributed by atoms with Crippen molar-refractivity contribution in [2.24, 2.45) is 0 Å². The Balaban J connectivity index is 1.33. The van der Waals surface area contributed by atoms with Gasteiger partial charge in [0, 0.05) is 12.1 Å². The van der Waals surface area contributed by atoms with Gasteiger partial charge in [0.15, 0.2) is 11.5 Å². The molecule has 0 radical (unpaired) electrons. The Hall–Kier alpha value is -5.38. The molecule has 0 atom stereocenters. The first-order valence-corrected chi connectivity index (χ1v) is 10.5. The van der Waals surface area contributed by atoms with Crippen molar-refractivity contribution < 1.29 is 39.4 Å². The van der Waals surface area contributed by atoms with Gasteiger partial charge in [-0.15, -0.1) is 0 Å². The van der Waals surface area contributed by atoms with Crippen molar-refractivity contribution in [1.82, 2.24) is 0 Å². The fraction of sp³-hybridized carbons (Fsp3) is 0. The minimum atomic E-state index is -0.721. The molecule has 0 amide bonds. The van der Waals surface area contributed by atoms with Crippen molar-refractivity contribution in [3.63, 3.8) is 0 Å². The molecule has 0 saturated heterocycles. The van der Waals surface area contributed by atoms with E-state index in [1.807, 2.05) is 0 Å². The van der Waals surface area contributed by atoms with Gasteiger partial charge in [-0.2, -0.15) is 0 Å². The van der Waals surface area contributed by atoms with Crippen LogP contribution in [0.3, 0.4) is 0 Å². The number of phenolic OH excluding ortho intramolecular Hbond substituents is 2. The minimum absolute atomic E-state index is 0.0854. The second kappa shape index (κ2) is 10.3. The average molecular weight is 488 g/mol. The second-order valence-corrected chi connectivity index (χ2v) is 7.50. The summed E-state index contributed by atoms with van der Waals surface area (Å²) < 4.78 is 0. The third kappa shape index (κ3) is 5.57. The van der Waals surface area contributed by atoms with E-state index in [9.17, 15) is 19.8 Å². The smallest absolute Gasteiger partial charge is 0.386 e. The molecular weight excluding hydrogens is 468 g/mol. The number of anilines is 2. The number of carbonyl (C=O) groups is 2. The quantitative estimate of drug-likeness (QED) is 0.128. The molecule has 0 heterocycles. The normalized spacial score (nSPS) is 10.3. The summed E-state index contributed by atoms with van der Waals surface area (Å²) in [4.78, 5) is 44.0. The zero-order valence-corrected chi connectivity index (χ0v) is 18.6. The summed E-state index contributed by atoms with van der Waals surface area (Å²) in [7, 11) is 0. The molecule has 0 aliphatic rings. The maximum atomic E-state index is 12.2. The largest absolute Gasteiger partial charge is 0.506 e. The molecule has 10 heteroatoms. The van der Waals surface area contributed by atoms with Gasteiger partial charge in [0.2, 0.25) is 0 Å². The number of phenols is 2. The van der Waals surface area contributed by atoms with E-state index in [-0.39, 0.29) is 45.5 Å². The van der Waals surface area contributed by atoms with Gasteiger partial charge in [0.25, 0.3) is 0 Å². The maximum absolute atomic E-state index is 12.2. The number of hydrogen-bond donors (Lipinski definition) is 4. The van der Waals surface area contributed by atoms with Crippen LogP contribution in [0.2, 0.25) is 0 Å². The van der Waals surface area contributed by atoms with E-state index < -0.39 is 11.9 Å². The van der Waals surface area contributed by atoms with Crippen LogP contribution < -0.4 is 21.2 Å². The first kappa shape index (κ1) is 23.8. The summed E-state index contributed by atoms with van der Waals surface area (Å²) >= 11 is 0. The van der Waals surface area contributed by atoms with Crippen LogP contribution in [0.25, 0.3) is 11.1 Å². The molecule has 4 rings (SSSR count). The molecule has 36 heavy (non-hydrogen) atoms. The zero-order chi connectivity index (χ0) is 25.7. The second-order valence-electron chi connectivity index (χ2n) is 7.50. The van der Waals surface area contributed by atoms with Crippen molar-refractivity contribution in [2.45, 2.75) is 0 Å². The first-order valence-electron chi connectivity index (χ1n) is 10.5. The van der Waals surface area contributed by atoms with E-state index in [4.69, 9.17) is 31.0 Å². The number of nitrogen functional groups attached to an aromatic ring is 2. The van der Waals surface area contributed by atoms with Gasteiger partial charge in [-0.05, 0) is 59.7 Å². The highest BCUT2D eigenvalue weighted by Gasteiger charge is 2.13. The van der Waals surface area contributed by atoms with Crippen molar-refractivity contribution >= 4 is 23.3 Å². The molecule has 0 aromatic heterocycles. The predicted molar refractivity (Wildman–Crippen MR) is 129 cm³/mol. The Bertz CT molecular complexity index is 1290. The van der Waals surface area contributed by atoms with Gasteiger partial charge in [-0.25, -0.2) is 19.4 Å². The highest BCUT2D eigenvalue weighted by molar-refractivity contribution is 5.91. The number of rotatable bonds is 7. The molecule has 4 aromatic rings. The van der Waals surface area contributed by atoms with E-state index in [1.54, 1.807) is 48.5 Å². The molecule has 0 spiro atoms. The van der Waals surface area contributed by atoms with Crippen LogP contribution in [0.4, 0.5) is 11.4 Å². The van der Waals surface area contributed by atoms with Gasteiger partial charge in [0.1, 0.15) is 11.5 Å². The molecule has 182 valence electrons. The van der Waals surface area contributed by atoms with Gasteiger partial charge in [-0.1, -0.05) is 24.3 Å². The standard InChI is InChI=1S/C26H20N2O8/c27-21-13-19(9-11-23(21)29)33-35-25(31)17-5-1-15(2-6-17)16-3-7-18(8-4-16)26(32)36-34-20-10-12-24(30)22(28)14-20/h1-14,29-30H,27-28H2. The molecule has 10 nitrogen and oxygen atoms in total. The Morgan fingerprint density at radius 1 is 0.556 bits per heavy atom. The van der Waals surface area contributed by atoms with Crippen molar-refractivity contribution in [3.05, 3.63) is 96.1 Å². The van der Waals surface area contributed by atoms with E-state index in [0.29, 0.717) is 0 Å². The highest BCUT2D eigenvalue weighted by Crippen LogP contribution is 2.27. The molecule has 0 bridgehead atoms. The number of aromatic hydroxyl groups is 2. The molecular formula is C26H20N2O8. The Morgan fingerprint density at radius 2 is 0.917 bits per heavy atom. The van der Waals surface area contributed by atoms with Crippen LogP contribution in [-0.4, -0.2) is 22.2 Å². The van der Waals surface area contributed by atoms with E-state index in [0.717, 1.165) is 11.1 Å². The highest BCUT2D eigenvalue weighted by atomic mass is 17.2. The van der Waals surface area contributed by atoms with Crippen LogP contribution >= 0.6 is 0 Å². The molecule has 0 unspecified atom stereocenters. The summed E-state index contributed by atoms with van der Waals surface area (Å²) in [6, 6.07) is 21.2. The molecule has 6 N–H and O–H groups in total. The summed E-state index contributed by atoms with van der Waals surface area (Å²) in [5, 5.41) is 18.8. The summed E-state index contributed by atoms with van der Waals surface area (Å²) in [6.07, 6.45) is 0. The lowest BCUT2D eigenvalue weighted by atomic mass is 10.0. The average Bonchev–Trinajstić information content (AvgIpc) is 2.90. The predicted octanol–water partition coefficient (Wildman–Crippen LogP) is 4.23. The lowest BCUT2D eigenvalue weighted by molar-refractivity contribution is -0.149. The Kier molecular flexibility index (Phi) is 6.78. The number of carbonyl (C=O) groups excluding carboxylic acids is 2. The first-order chi connectivity index (χ1) is 17.3. The van der Waals surface area contributed by atoms with Gasteiger partial charge < -0.3 is 21.7 Å². The monoisotopic (exact) mass is 488 g/mol. The minimum Gasteiger partial charge on any atom is -0.506 e. The summed E-state index contributed by atoms with van der Waals surface area (Å²) in [5.41, 5.74) is 13.4. The fourth-order valence-corrected chi connectivity index (χ4v) is 3.03. The maximum Gasteiger partial charge on any atom is 0.386 e. The van der Waals surface area contributed by atoms with E-state index >= 15 is 0 Å². The van der Waals surface area contributed by atoms with Crippen molar-refractivity contribution in [2.75, 3.05) is 11.5 Å². The van der Waals surface area contributed by atoms with Crippen LogP contribution in [0.1, 0.15) is 20.7 Å². The van der Waals surface area contributed by atoms with Crippen molar-refractivity contribution in [1.29, 1.82) is 0 Å². The van der Waals surface area contributed by atoms with Crippen LogP contribution in [0.5, 0.6) is 23.0 Å².